The highest BCUT2D eigenvalue weighted by Crippen LogP contribution is 2.35. The maximum atomic E-state index is 15.4. The lowest BCUT2D eigenvalue weighted by Crippen LogP contribution is -2.19. The third-order valence-electron chi connectivity index (χ3n) is 6.23. The van der Waals surface area contributed by atoms with Gasteiger partial charge in [0.2, 0.25) is 34.8 Å². The van der Waals surface area contributed by atoms with Crippen LogP contribution in [0.15, 0.2) is 76.4 Å². The minimum Gasteiger partial charge on any atom is -0.424 e. The summed E-state index contributed by atoms with van der Waals surface area (Å²) in [7, 11) is -5.22. The van der Waals surface area contributed by atoms with E-state index in [-0.39, 0.29) is 33.5 Å². The summed E-state index contributed by atoms with van der Waals surface area (Å²) in [6.45, 7) is 6.49. The molecule has 0 aliphatic heterocycles. The van der Waals surface area contributed by atoms with Gasteiger partial charge in [-0.3, -0.25) is 14.2 Å². The first-order chi connectivity index (χ1) is 20.8. The highest BCUT2D eigenvalue weighted by atomic mass is 32.2. The summed E-state index contributed by atoms with van der Waals surface area (Å²) in [5.41, 5.74) is -1.06. The molecular formula is C29H13F7N2O5S. The SMILES string of the molecule is [C-]#[N+]COc1cc(-c2cccc(F)c2)c(F)cc1-n1c(=O)ccc2cc(S(=O)(=O)Oc3c(F)c(F)c(F)c(F)c3F)ccc21. The number of rotatable bonds is 7. The van der Waals surface area contributed by atoms with Crippen molar-refractivity contribution < 1.29 is 48.1 Å². The van der Waals surface area contributed by atoms with Crippen molar-refractivity contribution in [2.45, 2.75) is 4.90 Å². The molecular weight excluding hydrogens is 621 g/mol. The fourth-order valence-electron chi connectivity index (χ4n) is 4.26. The van der Waals surface area contributed by atoms with Crippen LogP contribution < -0.4 is 14.5 Å². The lowest BCUT2D eigenvalue weighted by atomic mass is 10.0. The van der Waals surface area contributed by atoms with Crippen molar-refractivity contribution in [3.05, 3.63) is 129 Å². The molecule has 5 aromatic rings. The lowest BCUT2D eigenvalue weighted by Gasteiger charge is -2.16. The van der Waals surface area contributed by atoms with Crippen LogP contribution in [-0.2, 0) is 10.1 Å². The standard InChI is InChI=1S/C29H13F7N2O5S/c1-37-13-42-22-11-18(14-3-2-4-16(30)9-14)19(31)12-21(22)38-20-7-6-17(10-15(20)5-8-23(38)39)44(40,41)43-29-27(35)25(33)24(32)26(34)28(29)36/h2-12H,13H2. The summed E-state index contributed by atoms with van der Waals surface area (Å²) in [6.07, 6.45) is 0. The Bertz CT molecular complexity index is 2170. The van der Waals surface area contributed by atoms with Crippen LogP contribution >= 0.6 is 0 Å². The van der Waals surface area contributed by atoms with E-state index in [9.17, 15) is 39.6 Å². The van der Waals surface area contributed by atoms with E-state index in [1.807, 2.05) is 0 Å². The fourth-order valence-corrected chi connectivity index (χ4v) is 5.22. The van der Waals surface area contributed by atoms with Gasteiger partial charge in [0.05, 0.1) is 11.2 Å². The number of ether oxygens (including phenoxy) is 1. The Morgan fingerprint density at radius 2 is 1.48 bits per heavy atom. The molecule has 0 spiro atoms. The molecule has 0 bridgehead atoms. The number of nitrogens with zero attached hydrogens (tertiary/aromatic N) is 2. The van der Waals surface area contributed by atoms with Crippen molar-refractivity contribution in [3.8, 4) is 28.3 Å². The van der Waals surface area contributed by atoms with Gasteiger partial charge in [-0.15, -0.1) is 0 Å². The lowest BCUT2D eigenvalue weighted by molar-refractivity contribution is 0.346. The number of hydrogen-bond acceptors (Lipinski definition) is 5. The van der Waals surface area contributed by atoms with Gasteiger partial charge in [-0.1, -0.05) is 12.1 Å². The summed E-state index contributed by atoms with van der Waals surface area (Å²) in [5.74, 6) is -16.2. The molecule has 4 aromatic carbocycles. The highest BCUT2D eigenvalue weighted by molar-refractivity contribution is 7.87. The first-order valence-corrected chi connectivity index (χ1v) is 13.4. The predicted molar refractivity (Wildman–Crippen MR) is 141 cm³/mol. The van der Waals surface area contributed by atoms with Crippen molar-refractivity contribution in [1.82, 2.24) is 4.57 Å². The fraction of sp³-hybridized carbons (Fsp3) is 0.0345. The van der Waals surface area contributed by atoms with Crippen LogP contribution in [0.4, 0.5) is 30.7 Å². The van der Waals surface area contributed by atoms with Gasteiger partial charge in [0.15, 0.2) is 5.75 Å². The van der Waals surface area contributed by atoms with E-state index >= 15 is 4.39 Å². The molecule has 0 amide bonds. The molecule has 0 aliphatic carbocycles. The Labute approximate surface area is 242 Å². The van der Waals surface area contributed by atoms with E-state index in [1.54, 1.807) is 0 Å². The van der Waals surface area contributed by atoms with Crippen molar-refractivity contribution in [1.29, 1.82) is 0 Å². The van der Waals surface area contributed by atoms with Gasteiger partial charge >= 0.3 is 16.8 Å². The quantitative estimate of drug-likeness (QED) is 0.0659. The minimum absolute atomic E-state index is 0.0440. The molecule has 44 heavy (non-hydrogen) atoms. The monoisotopic (exact) mass is 634 g/mol. The van der Waals surface area contributed by atoms with Gasteiger partial charge in [-0.2, -0.15) is 17.2 Å². The van der Waals surface area contributed by atoms with Gasteiger partial charge in [0.25, 0.3) is 5.56 Å². The van der Waals surface area contributed by atoms with Crippen molar-refractivity contribution >= 4 is 21.0 Å². The van der Waals surface area contributed by atoms with Crippen molar-refractivity contribution in [2.75, 3.05) is 6.73 Å². The van der Waals surface area contributed by atoms with Gasteiger partial charge in [-0.25, -0.2) is 28.5 Å². The summed E-state index contributed by atoms with van der Waals surface area (Å²) < 4.78 is 134. The van der Waals surface area contributed by atoms with Crippen LogP contribution in [0.25, 0.3) is 32.6 Å². The van der Waals surface area contributed by atoms with Gasteiger partial charge < -0.3 is 8.92 Å². The largest absolute Gasteiger partial charge is 0.424 e. The molecule has 0 N–H and O–H groups in total. The highest BCUT2D eigenvalue weighted by Gasteiger charge is 2.31. The Balaban J connectivity index is 1.64. The first-order valence-electron chi connectivity index (χ1n) is 12.0. The molecule has 7 nitrogen and oxygen atoms in total. The van der Waals surface area contributed by atoms with Crippen LogP contribution in [0, 0.1) is 47.3 Å². The Kier molecular flexibility index (Phi) is 7.79. The second-order valence-electron chi connectivity index (χ2n) is 8.91. The third-order valence-corrected chi connectivity index (χ3v) is 7.44. The predicted octanol–water partition coefficient (Wildman–Crippen LogP) is 6.65. The number of fused-ring (bicyclic) bond motifs is 1. The zero-order chi connectivity index (χ0) is 31.9. The molecule has 0 aliphatic rings. The van der Waals surface area contributed by atoms with Gasteiger partial charge in [0.1, 0.15) is 16.5 Å². The second-order valence-corrected chi connectivity index (χ2v) is 10.5. The average Bonchev–Trinajstić information content (AvgIpc) is 3.00. The normalized spacial score (nSPS) is 11.4. The number of pyridine rings is 1. The average molecular weight is 634 g/mol. The van der Waals surface area contributed by atoms with Crippen LogP contribution in [0.5, 0.6) is 11.5 Å². The zero-order valence-electron chi connectivity index (χ0n) is 21.5. The molecule has 0 atom stereocenters. The summed E-state index contributed by atoms with van der Waals surface area (Å²) in [6, 6.07) is 11.8. The van der Waals surface area contributed by atoms with E-state index in [4.69, 9.17) is 11.3 Å². The maximum Gasteiger partial charge on any atom is 0.357 e. The van der Waals surface area contributed by atoms with E-state index in [1.165, 1.54) is 12.1 Å². The summed E-state index contributed by atoms with van der Waals surface area (Å²) >= 11 is 0. The van der Waals surface area contributed by atoms with E-state index < -0.39 is 73.8 Å². The van der Waals surface area contributed by atoms with E-state index in [0.29, 0.717) is 0 Å². The molecule has 0 fully saturated rings. The topological polar surface area (TPSA) is 79.0 Å². The summed E-state index contributed by atoms with van der Waals surface area (Å²) in [4.78, 5) is 15.3. The molecule has 0 saturated carbocycles. The van der Waals surface area contributed by atoms with Crippen molar-refractivity contribution in [3.63, 3.8) is 0 Å². The van der Waals surface area contributed by atoms with Crippen molar-refractivity contribution in [2.24, 2.45) is 0 Å². The molecule has 224 valence electrons. The summed E-state index contributed by atoms with van der Waals surface area (Å²) in [5, 5.41) is -0.0440. The first kappa shape index (κ1) is 30.1. The molecule has 0 saturated heterocycles. The number of hydrogen-bond donors (Lipinski definition) is 0. The Hall–Kier alpha value is -5.36. The van der Waals surface area contributed by atoms with Crippen LogP contribution in [0.2, 0.25) is 0 Å². The zero-order valence-corrected chi connectivity index (χ0v) is 22.4. The molecule has 1 heterocycles. The Morgan fingerprint density at radius 3 is 2.14 bits per heavy atom. The molecule has 0 radical (unpaired) electrons. The third kappa shape index (κ3) is 5.31. The van der Waals surface area contributed by atoms with Gasteiger partial charge in [0, 0.05) is 23.1 Å². The minimum atomic E-state index is -5.22. The van der Waals surface area contributed by atoms with Gasteiger partial charge in [-0.05, 0) is 48.0 Å². The molecule has 5 rings (SSSR count). The number of benzene rings is 4. The maximum absolute atomic E-state index is 15.4. The molecule has 1 aromatic heterocycles. The number of halogens is 7. The second kappa shape index (κ2) is 11.4. The van der Waals surface area contributed by atoms with Crippen LogP contribution in [0.3, 0.4) is 0 Å². The van der Waals surface area contributed by atoms with E-state index in [0.717, 1.165) is 59.2 Å². The molecule has 0 unspecified atom stereocenters. The van der Waals surface area contributed by atoms with Crippen LogP contribution in [0.1, 0.15) is 0 Å². The van der Waals surface area contributed by atoms with E-state index in [2.05, 4.69) is 9.03 Å². The molecule has 15 heteroatoms. The Morgan fingerprint density at radius 1 is 0.795 bits per heavy atom. The van der Waals surface area contributed by atoms with Crippen LogP contribution in [-0.4, -0.2) is 19.7 Å². The number of aromatic nitrogens is 1. The smallest absolute Gasteiger partial charge is 0.357 e.